The van der Waals surface area contributed by atoms with Gasteiger partial charge in [0.15, 0.2) is 0 Å². The van der Waals surface area contributed by atoms with Gasteiger partial charge in [0.25, 0.3) is 0 Å². The molecule has 128 valence electrons. The maximum Gasteiger partial charge on any atom is 0.221 e. The monoisotopic (exact) mass is 353 g/mol. The van der Waals surface area contributed by atoms with Gasteiger partial charge in [-0.15, -0.1) is 0 Å². The molecule has 0 bridgehead atoms. The number of pyridine rings is 1. The van der Waals surface area contributed by atoms with Crippen molar-refractivity contribution < 1.29 is 4.74 Å². The molecule has 5 heteroatoms. The minimum Gasteiger partial charge on any atom is -0.481 e. The summed E-state index contributed by atoms with van der Waals surface area (Å²) in [6.45, 7) is 3.79. The highest BCUT2D eigenvalue weighted by atomic mass is 35.5. The van der Waals surface area contributed by atoms with Gasteiger partial charge in [-0.05, 0) is 47.7 Å². The number of anilines is 1. The van der Waals surface area contributed by atoms with Crippen LogP contribution in [0.5, 0.6) is 5.88 Å². The molecule has 0 amide bonds. The number of methoxy groups -OCH3 is 1. The molecule has 25 heavy (non-hydrogen) atoms. The van der Waals surface area contributed by atoms with E-state index in [0.717, 1.165) is 40.1 Å². The zero-order valence-electron chi connectivity index (χ0n) is 14.3. The fourth-order valence-corrected chi connectivity index (χ4v) is 3.68. The highest BCUT2D eigenvalue weighted by Gasteiger charge is 2.40. The molecule has 1 aromatic heterocycles. The zero-order valence-corrected chi connectivity index (χ0v) is 15.0. The molecule has 4 nitrogen and oxygen atoms in total. The maximum atomic E-state index is 6.35. The average Bonchev–Trinajstić information content (AvgIpc) is 2.60. The van der Waals surface area contributed by atoms with E-state index in [1.54, 1.807) is 13.3 Å². The molecular weight excluding hydrogens is 334 g/mol. The van der Waals surface area contributed by atoms with Gasteiger partial charge in [-0.1, -0.05) is 29.8 Å². The fourth-order valence-electron chi connectivity index (χ4n) is 3.51. The van der Waals surface area contributed by atoms with Crippen molar-refractivity contribution in [2.45, 2.75) is 12.5 Å². The molecule has 2 aromatic carbocycles. The van der Waals surface area contributed by atoms with Gasteiger partial charge in [-0.2, -0.15) is 0 Å². The number of fused-ring (bicyclic) bond motifs is 1. The first kappa shape index (κ1) is 16.2. The number of ether oxygens (including phenoxy) is 1. The van der Waals surface area contributed by atoms with E-state index in [1.807, 2.05) is 18.2 Å². The lowest BCUT2D eigenvalue weighted by atomic mass is 9.81. The van der Waals surface area contributed by atoms with Gasteiger partial charge in [0.2, 0.25) is 5.88 Å². The molecule has 1 aliphatic heterocycles. The van der Waals surface area contributed by atoms with Crippen molar-refractivity contribution >= 4 is 28.1 Å². The number of halogens is 1. The third-order valence-electron chi connectivity index (χ3n) is 4.94. The highest BCUT2D eigenvalue weighted by molar-refractivity contribution is 6.31. The lowest BCUT2D eigenvalue weighted by molar-refractivity contribution is 0.316. The first-order valence-electron chi connectivity index (χ1n) is 8.30. The Balaban J connectivity index is 1.75. The molecule has 0 atom stereocenters. The van der Waals surface area contributed by atoms with Gasteiger partial charge >= 0.3 is 0 Å². The van der Waals surface area contributed by atoms with Gasteiger partial charge in [0, 0.05) is 35.4 Å². The predicted molar refractivity (Wildman–Crippen MR) is 103 cm³/mol. The van der Waals surface area contributed by atoms with Crippen LogP contribution in [0.1, 0.15) is 11.1 Å². The van der Waals surface area contributed by atoms with Crippen LogP contribution < -0.4 is 15.4 Å². The molecule has 2 N–H and O–H groups in total. The molecule has 4 rings (SSSR count). The van der Waals surface area contributed by atoms with E-state index in [0.29, 0.717) is 5.88 Å². The standard InChI is InChI=1S/C20H20ClN3O/c1-13-17(4-3-5-18(13)21)20(11-22-12-20)24-15-7-6-14-8-9-23-19(25-2)16(14)10-15/h3-10,22,24H,11-12H2,1-2H3. The topological polar surface area (TPSA) is 46.2 Å². The second kappa shape index (κ2) is 6.21. The molecule has 1 saturated heterocycles. The van der Waals surface area contributed by atoms with Crippen LogP contribution in [-0.2, 0) is 5.54 Å². The number of hydrogen-bond acceptors (Lipinski definition) is 4. The van der Waals surface area contributed by atoms with E-state index in [4.69, 9.17) is 16.3 Å². The fraction of sp³-hybridized carbons (Fsp3) is 0.250. The van der Waals surface area contributed by atoms with Crippen molar-refractivity contribution in [3.05, 3.63) is 64.8 Å². The molecule has 1 fully saturated rings. The maximum absolute atomic E-state index is 6.35. The number of hydrogen-bond donors (Lipinski definition) is 2. The Morgan fingerprint density at radius 2 is 2.04 bits per heavy atom. The van der Waals surface area contributed by atoms with Crippen LogP contribution in [0.4, 0.5) is 5.69 Å². The Morgan fingerprint density at radius 3 is 2.76 bits per heavy atom. The molecule has 2 heterocycles. The van der Waals surface area contributed by atoms with Crippen LogP contribution in [0.2, 0.25) is 5.02 Å². The Bertz CT molecular complexity index is 937. The van der Waals surface area contributed by atoms with Gasteiger partial charge in [0.05, 0.1) is 12.6 Å². The lowest BCUT2D eigenvalue weighted by Gasteiger charge is -2.45. The molecular formula is C20H20ClN3O. The van der Waals surface area contributed by atoms with E-state index >= 15 is 0 Å². The normalized spacial score (nSPS) is 15.6. The predicted octanol–water partition coefficient (Wildman–Crippen LogP) is 4.12. The summed E-state index contributed by atoms with van der Waals surface area (Å²) in [5, 5.41) is 10.0. The summed E-state index contributed by atoms with van der Waals surface area (Å²) in [6, 6.07) is 14.4. The Kier molecular flexibility index (Phi) is 4.02. The summed E-state index contributed by atoms with van der Waals surface area (Å²) in [5.74, 6) is 0.640. The number of nitrogens with zero attached hydrogens (tertiary/aromatic N) is 1. The largest absolute Gasteiger partial charge is 0.481 e. The molecule has 0 radical (unpaired) electrons. The van der Waals surface area contributed by atoms with Gasteiger partial charge < -0.3 is 15.4 Å². The molecule has 0 saturated carbocycles. The van der Waals surface area contributed by atoms with E-state index in [2.05, 4.69) is 46.8 Å². The van der Waals surface area contributed by atoms with E-state index in [1.165, 1.54) is 5.56 Å². The Hall–Kier alpha value is -2.30. The van der Waals surface area contributed by atoms with Gasteiger partial charge in [0.1, 0.15) is 0 Å². The first-order chi connectivity index (χ1) is 12.1. The summed E-state index contributed by atoms with van der Waals surface area (Å²) in [4.78, 5) is 4.30. The van der Waals surface area contributed by atoms with Crippen LogP contribution in [-0.4, -0.2) is 25.2 Å². The van der Waals surface area contributed by atoms with Crippen molar-refractivity contribution in [3.63, 3.8) is 0 Å². The van der Waals surface area contributed by atoms with E-state index in [-0.39, 0.29) is 5.54 Å². The van der Waals surface area contributed by atoms with Crippen molar-refractivity contribution in [3.8, 4) is 5.88 Å². The summed E-state index contributed by atoms with van der Waals surface area (Å²) < 4.78 is 5.40. The molecule has 0 aliphatic carbocycles. The number of rotatable bonds is 4. The Morgan fingerprint density at radius 1 is 1.20 bits per heavy atom. The summed E-state index contributed by atoms with van der Waals surface area (Å²) >= 11 is 6.35. The molecule has 1 aliphatic rings. The van der Waals surface area contributed by atoms with Crippen LogP contribution in [0.3, 0.4) is 0 Å². The van der Waals surface area contributed by atoms with Crippen LogP contribution in [0.15, 0.2) is 48.7 Å². The van der Waals surface area contributed by atoms with Crippen molar-refractivity contribution in [2.24, 2.45) is 0 Å². The number of benzene rings is 2. The van der Waals surface area contributed by atoms with Crippen molar-refractivity contribution in [1.29, 1.82) is 0 Å². The van der Waals surface area contributed by atoms with Crippen LogP contribution in [0, 0.1) is 6.92 Å². The SMILES string of the molecule is COc1nccc2ccc(NC3(c4cccc(Cl)c4C)CNC3)cc12. The van der Waals surface area contributed by atoms with Crippen LogP contribution >= 0.6 is 11.6 Å². The van der Waals surface area contributed by atoms with Crippen LogP contribution in [0.25, 0.3) is 10.8 Å². The average molecular weight is 354 g/mol. The third kappa shape index (κ3) is 2.71. The molecule has 0 spiro atoms. The third-order valence-corrected chi connectivity index (χ3v) is 5.35. The van der Waals surface area contributed by atoms with Crippen molar-refractivity contribution in [1.82, 2.24) is 10.3 Å². The van der Waals surface area contributed by atoms with E-state index in [9.17, 15) is 0 Å². The minimum absolute atomic E-state index is 0.155. The van der Waals surface area contributed by atoms with Gasteiger partial charge in [-0.25, -0.2) is 4.98 Å². The molecule has 0 unspecified atom stereocenters. The minimum atomic E-state index is -0.155. The Labute approximate surface area is 152 Å². The number of aromatic nitrogens is 1. The second-order valence-corrected chi connectivity index (χ2v) is 6.89. The zero-order chi connectivity index (χ0) is 17.4. The summed E-state index contributed by atoms with van der Waals surface area (Å²) in [5.41, 5.74) is 3.24. The summed E-state index contributed by atoms with van der Waals surface area (Å²) in [6.07, 6.45) is 1.76. The second-order valence-electron chi connectivity index (χ2n) is 6.48. The first-order valence-corrected chi connectivity index (χ1v) is 8.68. The quantitative estimate of drug-likeness (QED) is 0.740. The van der Waals surface area contributed by atoms with Crippen molar-refractivity contribution in [2.75, 3.05) is 25.5 Å². The van der Waals surface area contributed by atoms with Gasteiger partial charge in [-0.3, -0.25) is 0 Å². The lowest BCUT2D eigenvalue weighted by Crippen LogP contribution is -2.61. The smallest absolute Gasteiger partial charge is 0.221 e. The molecule has 3 aromatic rings. The highest BCUT2D eigenvalue weighted by Crippen LogP contribution is 2.36. The summed E-state index contributed by atoms with van der Waals surface area (Å²) in [7, 11) is 1.65. The number of nitrogens with one attached hydrogen (secondary N) is 2. The van der Waals surface area contributed by atoms with E-state index < -0.39 is 0 Å².